The molecule has 0 aliphatic rings. The van der Waals surface area contributed by atoms with Crippen molar-refractivity contribution < 1.29 is 0 Å². The standard InChI is InChI=1S/C13H15BrN2S/c1-3-15-13(12-6-11(14)8-17-12)10-5-4-9(2)16-7-10/h4-8,13,15H,3H2,1-2H3. The Balaban J connectivity index is 2.31. The molecule has 90 valence electrons. The van der Waals surface area contributed by atoms with Gasteiger partial charge in [0.05, 0.1) is 6.04 Å². The van der Waals surface area contributed by atoms with E-state index in [1.807, 2.05) is 13.1 Å². The topological polar surface area (TPSA) is 24.9 Å². The maximum atomic E-state index is 4.37. The Bertz CT molecular complexity index is 478. The first kappa shape index (κ1) is 12.7. The molecule has 4 heteroatoms. The molecule has 0 amide bonds. The monoisotopic (exact) mass is 310 g/mol. The van der Waals surface area contributed by atoms with Crippen LogP contribution in [-0.2, 0) is 0 Å². The van der Waals surface area contributed by atoms with Gasteiger partial charge in [-0.05, 0) is 47.1 Å². The molecule has 0 spiro atoms. The van der Waals surface area contributed by atoms with Crippen LogP contribution in [0.15, 0.2) is 34.2 Å². The lowest BCUT2D eigenvalue weighted by atomic mass is 10.1. The van der Waals surface area contributed by atoms with E-state index in [1.54, 1.807) is 11.3 Å². The van der Waals surface area contributed by atoms with Gasteiger partial charge >= 0.3 is 0 Å². The largest absolute Gasteiger partial charge is 0.306 e. The molecule has 0 aromatic carbocycles. The third-order valence-electron chi connectivity index (χ3n) is 2.55. The van der Waals surface area contributed by atoms with Crippen molar-refractivity contribution in [1.82, 2.24) is 10.3 Å². The number of nitrogens with one attached hydrogen (secondary N) is 1. The van der Waals surface area contributed by atoms with Crippen LogP contribution in [0.3, 0.4) is 0 Å². The number of nitrogens with zero attached hydrogens (tertiary/aromatic N) is 1. The van der Waals surface area contributed by atoms with E-state index in [4.69, 9.17) is 0 Å². The molecule has 1 N–H and O–H groups in total. The smallest absolute Gasteiger partial charge is 0.0686 e. The number of hydrogen-bond donors (Lipinski definition) is 1. The molecule has 17 heavy (non-hydrogen) atoms. The minimum Gasteiger partial charge on any atom is -0.306 e. The third kappa shape index (κ3) is 3.15. The minimum absolute atomic E-state index is 0.240. The molecule has 0 aliphatic heterocycles. The van der Waals surface area contributed by atoms with Crippen LogP contribution in [0, 0.1) is 6.92 Å². The van der Waals surface area contributed by atoms with Gasteiger partial charge < -0.3 is 5.32 Å². The summed E-state index contributed by atoms with van der Waals surface area (Å²) in [7, 11) is 0. The second kappa shape index (κ2) is 5.76. The van der Waals surface area contributed by atoms with Gasteiger partial charge in [0.15, 0.2) is 0 Å². The molecule has 2 aromatic rings. The lowest BCUT2D eigenvalue weighted by Gasteiger charge is -2.16. The summed E-state index contributed by atoms with van der Waals surface area (Å²) < 4.78 is 1.14. The fourth-order valence-electron chi connectivity index (χ4n) is 1.72. The van der Waals surface area contributed by atoms with Crippen LogP contribution >= 0.6 is 27.3 Å². The number of thiophene rings is 1. The van der Waals surface area contributed by atoms with Gasteiger partial charge in [0, 0.05) is 26.6 Å². The molecular formula is C13H15BrN2S. The molecule has 2 nitrogen and oxygen atoms in total. The first-order valence-electron chi connectivity index (χ1n) is 5.60. The van der Waals surface area contributed by atoms with Gasteiger partial charge in [-0.25, -0.2) is 0 Å². The van der Waals surface area contributed by atoms with Crippen LogP contribution in [0.1, 0.15) is 29.1 Å². The zero-order valence-corrected chi connectivity index (χ0v) is 12.3. The highest BCUT2D eigenvalue weighted by atomic mass is 79.9. The maximum Gasteiger partial charge on any atom is 0.0686 e. The zero-order chi connectivity index (χ0) is 12.3. The number of aromatic nitrogens is 1. The van der Waals surface area contributed by atoms with E-state index in [1.165, 1.54) is 10.4 Å². The Morgan fingerprint density at radius 3 is 2.82 bits per heavy atom. The lowest BCUT2D eigenvalue weighted by Crippen LogP contribution is -2.21. The lowest BCUT2D eigenvalue weighted by molar-refractivity contribution is 0.637. The average Bonchev–Trinajstić information content (AvgIpc) is 2.74. The van der Waals surface area contributed by atoms with E-state index in [2.05, 4.69) is 56.7 Å². The predicted molar refractivity (Wildman–Crippen MR) is 76.5 cm³/mol. The molecule has 0 saturated heterocycles. The fraction of sp³-hybridized carbons (Fsp3) is 0.308. The van der Waals surface area contributed by atoms with Crippen molar-refractivity contribution in [1.29, 1.82) is 0 Å². The Hall–Kier alpha value is -0.710. The van der Waals surface area contributed by atoms with Crippen LogP contribution in [0.25, 0.3) is 0 Å². The van der Waals surface area contributed by atoms with Crippen molar-refractivity contribution >= 4 is 27.3 Å². The average molecular weight is 311 g/mol. The van der Waals surface area contributed by atoms with E-state index < -0.39 is 0 Å². The molecule has 2 heterocycles. The molecule has 2 rings (SSSR count). The summed E-state index contributed by atoms with van der Waals surface area (Å²) in [4.78, 5) is 5.68. The molecule has 2 aromatic heterocycles. The van der Waals surface area contributed by atoms with Gasteiger partial charge in [-0.2, -0.15) is 0 Å². The summed E-state index contributed by atoms with van der Waals surface area (Å²) in [5.74, 6) is 0. The third-order valence-corrected chi connectivity index (χ3v) is 4.31. The molecule has 0 radical (unpaired) electrons. The fourth-order valence-corrected chi connectivity index (χ4v) is 3.26. The summed E-state index contributed by atoms with van der Waals surface area (Å²) in [6.07, 6.45) is 1.95. The van der Waals surface area contributed by atoms with Crippen LogP contribution in [0.4, 0.5) is 0 Å². The van der Waals surface area contributed by atoms with E-state index in [9.17, 15) is 0 Å². The van der Waals surface area contributed by atoms with E-state index in [0.29, 0.717) is 0 Å². The van der Waals surface area contributed by atoms with Crippen LogP contribution in [-0.4, -0.2) is 11.5 Å². The SMILES string of the molecule is CCNC(c1ccc(C)nc1)c1cc(Br)cs1. The summed E-state index contributed by atoms with van der Waals surface area (Å²) in [6, 6.07) is 6.60. The molecule has 0 bridgehead atoms. The number of hydrogen-bond acceptors (Lipinski definition) is 3. The van der Waals surface area contributed by atoms with Crippen molar-refractivity contribution in [3.8, 4) is 0 Å². The molecule has 0 aliphatic carbocycles. The molecule has 1 unspecified atom stereocenters. The number of pyridine rings is 1. The van der Waals surface area contributed by atoms with Crippen LogP contribution < -0.4 is 5.32 Å². The normalized spacial score (nSPS) is 12.6. The molecule has 0 saturated carbocycles. The van der Waals surface area contributed by atoms with E-state index in [-0.39, 0.29) is 6.04 Å². The van der Waals surface area contributed by atoms with Crippen LogP contribution in [0.5, 0.6) is 0 Å². The Labute approximate surface area is 114 Å². The summed E-state index contributed by atoms with van der Waals surface area (Å²) >= 11 is 5.26. The first-order chi connectivity index (χ1) is 8.20. The van der Waals surface area contributed by atoms with Gasteiger partial charge in [-0.3, -0.25) is 4.98 Å². The van der Waals surface area contributed by atoms with Crippen LogP contribution in [0.2, 0.25) is 0 Å². The summed E-state index contributed by atoms with van der Waals surface area (Å²) in [5.41, 5.74) is 2.27. The highest BCUT2D eigenvalue weighted by molar-refractivity contribution is 9.10. The number of rotatable bonds is 4. The summed E-state index contributed by atoms with van der Waals surface area (Å²) in [6.45, 7) is 5.07. The Morgan fingerprint density at radius 2 is 2.29 bits per heavy atom. The van der Waals surface area contributed by atoms with E-state index in [0.717, 1.165) is 16.7 Å². The highest BCUT2D eigenvalue weighted by Gasteiger charge is 2.14. The predicted octanol–water partition coefficient (Wildman–Crippen LogP) is 3.91. The molecular weight excluding hydrogens is 296 g/mol. The minimum atomic E-state index is 0.240. The van der Waals surface area contributed by atoms with Crippen molar-refractivity contribution in [2.45, 2.75) is 19.9 Å². The van der Waals surface area contributed by atoms with E-state index >= 15 is 0 Å². The number of halogens is 1. The van der Waals surface area contributed by atoms with Crippen molar-refractivity contribution in [3.63, 3.8) is 0 Å². The summed E-state index contributed by atoms with van der Waals surface area (Å²) in [5, 5.41) is 5.61. The zero-order valence-electron chi connectivity index (χ0n) is 9.90. The van der Waals surface area contributed by atoms with Gasteiger partial charge in [0.1, 0.15) is 0 Å². The quantitative estimate of drug-likeness (QED) is 0.926. The molecule has 1 atom stereocenters. The first-order valence-corrected chi connectivity index (χ1v) is 7.28. The van der Waals surface area contributed by atoms with Gasteiger partial charge in [-0.15, -0.1) is 11.3 Å². The second-order valence-electron chi connectivity index (χ2n) is 3.89. The van der Waals surface area contributed by atoms with Crippen molar-refractivity contribution in [3.05, 3.63) is 50.4 Å². The Morgan fingerprint density at radius 1 is 1.47 bits per heavy atom. The Kier molecular flexibility index (Phi) is 4.31. The second-order valence-corrected chi connectivity index (χ2v) is 5.75. The van der Waals surface area contributed by atoms with Crippen molar-refractivity contribution in [2.75, 3.05) is 6.54 Å². The maximum absolute atomic E-state index is 4.37. The van der Waals surface area contributed by atoms with Gasteiger partial charge in [0.2, 0.25) is 0 Å². The van der Waals surface area contributed by atoms with Gasteiger partial charge in [-0.1, -0.05) is 13.0 Å². The highest BCUT2D eigenvalue weighted by Crippen LogP contribution is 2.29. The van der Waals surface area contributed by atoms with Gasteiger partial charge in [0.25, 0.3) is 0 Å². The number of aryl methyl sites for hydroxylation is 1. The molecule has 0 fully saturated rings. The van der Waals surface area contributed by atoms with Crippen molar-refractivity contribution in [2.24, 2.45) is 0 Å².